The number of aromatic amines is 1. The van der Waals surface area contributed by atoms with Gasteiger partial charge in [0, 0.05) is 11.3 Å². The summed E-state index contributed by atoms with van der Waals surface area (Å²) in [5, 5.41) is 6.92. The zero-order valence-corrected chi connectivity index (χ0v) is 11.3. The molecule has 3 rings (SSSR count). The van der Waals surface area contributed by atoms with Gasteiger partial charge < -0.3 is 5.73 Å². The first-order valence-corrected chi connectivity index (χ1v) is 6.60. The van der Waals surface area contributed by atoms with E-state index in [1.165, 1.54) is 18.2 Å². The van der Waals surface area contributed by atoms with E-state index < -0.39 is 11.6 Å². The summed E-state index contributed by atoms with van der Waals surface area (Å²) in [5.74, 6) is -1.29. The molecule has 0 aliphatic carbocycles. The lowest BCUT2D eigenvalue weighted by Crippen LogP contribution is -1.90. The lowest BCUT2D eigenvalue weighted by atomic mass is 10.1. The van der Waals surface area contributed by atoms with Gasteiger partial charge in [0.25, 0.3) is 0 Å². The number of hydrogen-bond donors (Lipinski definition) is 2. The van der Waals surface area contributed by atoms with E-state index in [4.69, 9.17) is 5.73 Å². The number of benzene rings is 1. The van der Waals surface area contributed by atoms with E-state index in [2.05, 4.69) is 15.2 Å². The van der Waals surface area contributed by atoms with Crippen LogP contribution in [0.3, 0.4) is 0 Å². The molecule has 0 saturated carbocycles. The van der Waals surface area contributed by atoms with Crippen LogP contribution in [0.25, 0.3) is 21.7 Å². The van der Waals surface area contributed by atoms with Gasteiger partial charge in [-0.15, -0.1) is 0 Å². The SMILES string of the molecule is Cc1[nH]ncc1-c1nc(N)sc1-c1c(F)cccc1F. The number of H-pyrrole nitrogens is 1. The minimum absolute atomic E-state index is 0.114. The number of aromatic nitrogens is 3. The van der Waals surface area contributed by atoms with E-state index in [9.17, 15) is 8.78 Å². The van der Waals surface area contributed by atoms with E-state index in [0.717, 1.165) is 17.0 Å². The largest absolute Gasteiger partial charge is 0.375 e. The summed E-state index contributed by atoms with van der Waals surface area (Å²) < 4.78 is 27.9. The first-order chi connectivity index (χ1) is 9.58. The Morgan fingerprint density at radius 1 is 1.25 bits per heavy atom. The fraction of sp³-hybridized carbons (Fsp3) is 0.0769. The highest BCUT2D eigenvalue weighted by Crippen LogP contribution is 2.40. The standard InChI is InChI=1S/C13H10F2N4S/c1-6-7(5-17-19-6)11-12(20-13(16)18-11)10-8(14)3-2-4-9(10)15/h2-5H,1H3,(H2,16,18)(H,17,19). The zero-order valence-electron chi connectivity index (χ0n) is 10.4. The van der Waals surface area contributed by atoms with E-state index >= 15 is 0 Å². The molecule has 0 spiro atoms. The number of nitrogens with two attached hydrogens (primary N) is 1. The summed E-state index contributed by atoms with van der Waals surface area (Å²) in [7, 11) is 0. The Morgan fingerprint density at radius 3 is 2.55 bits per heavy atom. The number of hydrogen-bond acceptors (Lipinski definition) is 4. The Hall–Kier alpha value is -2.28. The lowest BCUT2D eigenvalue weighted by Gasteiger charge is -2.04. The molecule has 0 radical (unpaired) electrons. The van der Waals surface area contributed by atoms with Crippen LogP contribution in [0.15, 0.2) is 24.4 Å². The van der Waals surface area contributed by atoms with Crippen LogP contribution < -0.4 is 5.73 Å². The smallest absolute Gasteiger partial charge is 0.181 e. The molecule has 0 bridgehead atoms. The van der Waals surface area contributed by atoms with Gasteiger partial charge in [-0.25, -0.2) is 13.8 Å². The van der Waals surface area contributed by atoms with Crippen molar-refractivity contribution >= 4 is 16.5 Å². The second-order valence-electron chi connectivity index (χ2n) is 4.24. The molecule has 0 aliphatic rings. The third kappa shape index (κ3) is 1.96. The molecule has 0 atom stereocenters. The van der Waals surface area contributed by atoms with E-state index in [1.54, 1.807) is 13.1 Å². The highest BCUT2D eigenvalue weighted by molar-refractivity contribution is 7.19. The van der Waals surface area contributed by atoms with Crippen molar-refractivity contribution in [2.75, 3.05) is 5.73 Å². The molecule has 0 aliphatic heterocycles. The summed E-state index contributed by atoms with van der Waals surface area (Å²) in [6.07, 6.45) is 1.56. The van der Waals surface area contributed by atoms with Crippen molar-refractivity contribution in [2.24, 2.45) is 0 Å². The minimum Gasteiger partial charge on any atom is -0.375 e. The molecular formula is C13H10F2N4S. The van der Waals surface area contributed by atoms with Crippen molar-refractivity contribution < 1.29 is 8.78 Å². The van der Waals surface area contributed by atoms with Crippen molar-refractivity contribution in [3.8, 4) is 21.7 Å². The van der Waals surface area contributed by atoms with Crippen molar-refractivity contribution in [2.45, 2.75) is 6.92 Å². The maximum absolute atomic E-state index is 13.9. The molecule has 0 unspecified atom stereocenters. The molecular weight excluding hydrogens is 282 g/mol. The Bertz CT molecular complexity index is 758. The van der Waals surface area contributed by atoms with Crippen LogP contribution in [0.4, 0.5) is 13.9 Å². The van der Waals surface area contributed by atoms with Crippen LogP contribution in [-0.2, 0) is 0 Å². The number of nitrogens with one attached hydrogen (secondary N) is 1. The molecule has 7 heteroatoms. The van der Waals surface area contributed by atoms with Crippen LogP contribution >= 0.6 is 11.3 Å². The van der Waals surface area contributed by atoms with E-state index in [-0.39, 0.29) is 10.7 Å². The molecule has 1 aromatic carbocycles. The van der Waals surface area contributed by atoms with E-state index in [0.29, 0.717) is 16.1 Å². The summed E-state index contributed by atoms with van der Waals surface area (Å²) in [4.78, 5) is 4.54. The van der Waals surface area contributed by atoms with Crippen LogP contribution in [0.5, 0.6) is 0 Å². The molecule has 0 fully saturated rings. The van der Waals surface area contributed by atoms with Crippen molar-refractivity contribution in [1.82, 2.24) is 15.2 Å². The van der Waals surface area contributed by atoms with E-state index in [1.807, 2.05) is 0 Å². The average Bonchev–Trinajstić information content (AvgIpc) is 2.95. The molecule has 0 amide bonds. The second-order valence-corrected chi connectivity index (χ2v) is 5.27. The van der Waals surface area contributed by atoms with Gasteiger partial charge in [-0.3, -0.25) is 5.10 Å². The Balaban J connectivity index is 2.28. The molecule has 0 saturated heterocycles. The Kier molecular flexibility index (Phi) is 2.98. The lowest BCUT2D eigenvalue weighted by molar-refractivity contribution is 0.590. The first kappa shape index (κ1) is 12.7. The van der Waals surface area contributed by atoms with Crippen molar-refractivity contribution in [3.05, 3.63) is 41.7 Å². The van der Waals surface area contributed by atoms with Crippen molar-refractivity contribution in [1.29, 1.82) is 0 Å². The van der Waals surface area contributed by atoms with Crippen LogP contribution in [0, 0.1) is 18.6 Å². The topological polar surface area (TPSA) is 67.6 Å². The molecule has 3 aromatic rings. The number of anilines is 1. The van der Waals surface area contributed by atoms with Crippen molar-refractivity contribution in [3.63, 3.8) is 0 Å². The number of thiazole rings is 1. The molecule has 20 heavy (non-hydrogen) atoms. The van der Waals surface area contributed by atoms with Gasteiger partial charge in [0.05, 0.1) is 22.3 Å². The van der Waals surface area contributed by atoms with Crippen LogP contribution in [-0.4, -0.2) is 15.2 Å². The van der Waals surface area contributed by atoms with Crippen LogP contribution in [0.2, 0.25) is 0 Å². The third-order valence-electron chi connectivity index (χ3n) is 2.92. The molecule has 3 N–H and O–H groups in total. The predicted octanol–water partition coefficient (Wildman–Crippen LogP) is 3.37. The van der Waals surface area contributed by atoms with Crippen LogP contribution in [0.1, 0.15) is 5.69 Å². The maximum atomic E-state index is 13.9. The number of halogens is 2. The fourth-order valence-electron chi connectivity index (χ4n) is 1.99. The monoisotopic (exact) mass is 292 g/mol. The molecule has 102 valence electrons. The van der Waals surface area contributed by atoms with Gasteiger partial charge in [-0.2, -0.15) is 5.10 Å². The number of nitrogen functional groups attached to an aromatic ring is 1. The number of nitrogens with zero attached hydrogens (tertiary/aromatic N) is 2. The summed E-state index contributed by atoms with van der Waals surface area (Å²) in [5.41, 5.74) is 7.46. The summed E-state index contributed by atoms with van der Waals surface area (Å²) in [6, 6.07) is 3.74. The van der Waals surface area contributed by atoms with Gasteiger partial charge >= 0.3 is 0 Å². The summed E-state index contributed by atoms with van der Waals surface area (Å²) >= 11 is 1.05. The van der Waals surface area contributed by atoms with Gasteiger partial charge in [0.1, 0.15) is 11.6 Å². The van der Waals surface area contributed by atoms with Gasteiger partial charge in [-0.05, 0) is 19.1 Å². The normalized spacial score (nSPS) is 10.9. The first-order valence-electron chi connectivity index (χ1n) is 5.79. The highest BCUT2D eigenvalue weighted by atomic mass is 32.1. The van der Waals surface area contributed by atoms with Gasteiger partial charge in [-0.1, -0.05) is 17.4 Å². The maximum Gasteiger partial charge on any atom is 0.181 e. The quantitative estimate of drug-likeness (QED) is 0.761. The zero-order chi connectivity index (χ0) is 14.3. The number of aryl methyl sites for hydroxylation is 1. The Labute approximate surface area is 117 Å². The average molecular weight is 292 g/mol. The Morgan fingerprint density at radius 2 is 1.95 bits per heavy atom. The molecule has 4 nitrogen and oxygen atoms in total. The minimum atomic E-state index is -0.643. The van der Waals surface area contributed by atoms with Gasteiger partial charge in [0.2, 0.25) is 0 Å². The summed E-state index contributed by atoms with van der Waals surface area (Å²) in [6.45, 7) is 1.80. The molecule has 2 heterocycles. The molecule has 2 aromatic heterocycles. The number of rotatable bonds is 2. The fourth-order valence-corrected chi connectivity index (χ4v) is 2.89. The van der Waals surface area contributed by atoms with Gasteiger partial charge in [0.15, 0.2) is 5.13 Å². The predicted molar refractivity (Wildman–Crippen MR) is 74.2 cm³/mol. The second kappa shape index (κ2) is 4.68. The third-order valence-corrected chi connectivity index (χ3v) is 3.82. The highest BCUT2D eigenvalue weighted by Gasteiger charge is 2.21.